The van der Waals surface area contributed by atoms with Crippen LogP contribution in [0.2, 0.25) is 0 Å². The van der Waals surface area contributed by atoms with Crippen LogP contribution in [0.1, 0.15) is 40.0 Å². The van der Waals surface area contributed by atoms with Gasteiger partial charge < -0.3 is 0 Å². The van der Waals surface area contributed by atoms with Crippen molar-refractivity contribution in [3.8, 4) is 0 Å². The molecule has 0 aromatic rings. The Kier molecular flexibility index (Phi) is 2.58. The lowest BCUT2D eigenvalue weighted by molar-refractivity contribution is -0.121. The summed E-state index contributed by atoms with van der Waals surface area (Å²) in [7, 11) is 0. The molecule has 0 aromatic carbocycles. The van der Waals surface area contributed by atoms with Crippen LogP contribution in [0, 0.1) is 23.7 Å². The number of fused-ring (bicyclic) bond motifs is 3. The van der Waals surface area contributed by atoms with Crippen LogP contribution in [0.3, 0.4) is 0 Å². The Morgan fingerprint density at radius 2 is 1.89 bits per heavy atom. The van der Waals surface area contributed by atoms with E-state index in [9.17, 15) is 9.59 Å². The second-order valence-corrected chi connectivity index (χ2v) is 6.25. The van der Waals surface area contributed by atoms with Crippen molar-refractivity contribution in [3.05, 3.63) is 22.8 Å². The van der Waals surface area contributed by atoms with Crippen LogP contribution in [-0.4, -0.2) is 11.6 Å². The molecule has 1 unspecified atom stereocenters. The van der Waals surface area contributed by atoms with E-state index in [-0.39, 0.29) is 17.6 Å². The van der Waals surface area contributed by atoms with E-state index in [4.69, 9.17) is 0 Å². The highest BCUT2D eigenvalue weighted by Gasteiger charge is 2.48. The van der Waals surface area contributed by atoms with Gasteiger partial charge in [0.05, 0.1) is 0 Å². The van der Waals surface area contributed by atoms with E-state index in [1.54, 1.807) is 6.08 Å². The Labute approximate surface area is 108 Å². The van der Waals surface area contributed by atoms with Crippen molar-refractivity contribution in [1.29, 1.82) is 0 Å². The van der Waals surface area contributed by atoms with Gasteiger partial charge >= 0.3 is 0 Å². The second-order valence-electron chi connectivity index (χ2n) is 6.25. The van der Waals surface area contributed by atoms with Gasteiger partial charge in [0.25, 0.3) is 0 Å². The maximum atomic E-state index is 12.1. The van der Waals surface area contributed by atoms with Gasteiger partial charge in [-0.1, -0.05) is 18.1 Å². The van der Waals surface area contributed by atoms with Gasteiger partial charge in [-0.25, -0.2) is 0 Å². The van der Waals surface area contributed by atoms with Gasteiger partial charge in [-0.05, 0) is 44.6 Å². The first-order chi connectivity index (χ1) is 8.50. The summed E-state index contributed by atoms with van der Waals surface area (Å²) in [6, 6.07) is 0. The highest BCUT2D eigenvalue weighted by molar-refractivity contribution is 6.09. The Morgan fingerprint density at radius 3 is 2.61 bits per heavy atom. The third-order valence-electron chi connectivity index (χ3n) is 5.30. The Balaban J connectivity index is 2.07. The molecule has 3 aliphatic rings. The maximum Gasteiger partial charge on any atom is 0.182 e. The molecule has 0 heterocycles. The molecule has 0 N–H and O–H groups in total. The van der Waals surface area contributed by atoms with Crippen LogP contribution < -0.4 is 0 Å². The average Bonchev–Trinajstić information content (AvgIpc) is 2.68. The normalized spacial score (nSPS) is 39.6. The Bertz CT molecular complexity index is 495. The fraction of sp³-hybridized carbons (Fsp3) is 0.625. The monoisotopic (exact) mass is 244 g/mol. The molecule has 1 fully saturated rings. The number of carbonyl (C=O) groups excluding carboxylic acids is 2. The van der Waals surface area contributed by atoms with E-state index in [0.29, 0.717) is 24.0 Å². The quantitative estimate of drug-likeness (QED) is 0.656. The zero-order chi connectivity index (χ0) is 13.0. The maximum absolute atomic E-state index is 12.1. The molecular weight excluding hydrogens is 224 g/mol. The molecule has 4 atom stereocenters. The number of allylic oxidation sites excluding steroid dienone is 4. The van der Waals surface area contributed by atoms with Crippen LogP contribution in [-0.2, 0) is 9.59 Å². The van der Waals surface area contributed by atoms with Crippen molar-refractivity contribution >= 4 is 11.6 Å². The van der Waals surface area contributed by atoms with Gasteiger partial charge in [0.1, 0.15) is 5.78 Å². The number of carbonyl (C=O) groups is 2. The second kappa shape index (κ2) is 3.91. The molecule has 18 heavy (non-hydrogen) atoms. The largest absolute Gasteiger partial charge is 0.299 e. The van der Waals surface area contributed by atoms with Gasteiger partial charge in [-0.3, -0.25) is 9.59 Å². The van der Waals surface area contributed by atoms with Crippen molar-refractivity contribution in [2.75, 3.05) is 0 Å². The molecular formula is C16H20O2. The van der Waals surface area contributed by atoms with Gasteiger partial charge in [-0.15, -0.1) is 0 Å². The Morgan fingerprint density at radius 1 is 1.17 bits per heavy atom. The van der Waals surface area contributed by atoms with E-state index in [2.05, 4.69) is 20.8 Å². The molecule has 2 heteroatoms. The Hall–Kier alpha value is -1.18. The first kappa shape index (κ1) is 11.9. The highest BCUT2D eigenvalue weighted by Crippen LogP contribution is 2.51. The summed E-state index contributed by atoms with van der Waals surface area (Å²) in [5.74, 6) is 1.87. The van der Waals surface area contributed by atoms with Crippen molar-refractivity contribution in [2.45, 2.75) is 40.0 Å². The summed E-state index contributed by atoms with van der Waals surface area (Å²) in [6.45, 7) is 6.22. The number of ketones is 2. The van der Waals surface area contributed by atoms with Gasteiger partial charge in [0.15, 0.2) is 5.78 Å². The average molecular weight is 244 g/mol. The number of hydrogen-bond donors (Lipinski definition) is 0. The molecule has 0 amide bonds. The molecule has 2 nitrogen and oxygen atoms in total. The fourth-order valence-electron chi connectivity index (χ4n) is 4.31. The van der Waals surface area contributed by atoms with E-state index >= 15 is 0 Å². The van der Waals surface area contributed by atoms with Gasteiger partial charge in [0, 0.05) is 23.8 Å². The van der Waals surface area contributed by atoms with Gasteiger partial charge in [0.2, 0.25) is 0 Å². The first-order valence-electron chi connectivity index (χ1n) is 6.95. The lowest BCUT2D eigenvalue weighted by Crippen LogP contribution is -2.21. The minimum Gasteiger partial charge on any atom is -0.299 e. The summed E-state index contributed by atoms with van der Waals surface area (Å²) >= 11 is 0. The SMILES string of the molecule is CC1=CC(=O)C2=C(C)CCC3[C@H](C)C(=O)C[C@@H]3[C@H]12. The molecule has 0 bridgehead atoms. The predicted molar refractivity (Wildman–Crippen MR) is 70.0 cm³/mol. The summed E-state index contributed by atoms with van der Waals surface area (Å²) in [5.41, 5.74) is 3.45. The fourth-order valence-corrected chi connectivity index (χ4v) is 4.31. The van der Waals surface area contributed by atoms with E-state index in [0.717, 1.165) is 18.4 Å². The lowest BCUT2D eigenvalue weighted by Gasteiger charge is -2.26. The molecule has 3 aliphatic carbocycles. The third kappa shape index (κ3) is 1.47. The minimum absolute atomic E-state index is 0.186. The van der Waals surface area contributed by atoms with Crippen molar-refractivity contribution < 1.29 is 9.59 Å². The molecule has 1 saturated carbocycles. The molecule has 0 spiro atoms. The topological polar surface area (TPSA) is 34.1 Å². The van der Waals surface area contributed by atoms with Crippen molar-refractivity contribution in [3.63, 3.8) is 0 Å². The minimum atomic E-state index is 0.186. The zero-order valence-corrected chi connectivity index (χ0v) is 11.3. The molecule has 0 radical (unpaired) electrons. The standard InChI is InChI=1S/C16H20O2/c1-8-4-5-11-10(3)13(17)7-12(11)15-9(2)6-14(18)16(8)15/h6,10-12,15H,4-5,7H2,1-3H3/t10-,11?,12-,15-/m0/s1. The van der Waals surface area contributed by atoms with Gasteiger partial charge in [-0.2, -0.15) is 0 Å². The molecule has 0 aromatic heterocycles. The van der Waals surface area contributed by atoms with Crippen LogP contribution >= 0.6 is 0 Å². The molecule has 0 saturated heterocycles. The number of Topliss-reactive ketones (excluding diaryl/α,β-unsaturated/α-hetero) is 1. The first-order valence-corrected chi connectivity index (χ1v) is 6.95. The van der Waals surface area contributed by atoms with Crippen LogP contribution in [0.15, 0.2) is 22.8 Å². The van der Waals surface area contributed by atoms with Crippen LogP contribution in [0.25, 0.3) is 0 Å². The van der Waals surface area contributed by atoms with E-state index < -0.39 is 0 Å². The van der Waals surface area contributed by atoms with E-state index in [1.807, 2.05) is 0 Å². The highest BCUT2D eigenvalue weighted by atomic mass is 16.1. The van der Waals surface area contributed by atoms with Crippen molar-refractivity contribution in [1.82, 2.24) is 0 Å². The third-order valence-corrected chi connectivity index (χ3v) is 5.30. The number of rotatable bonds is 0. The lowest BCUT2D eigenvalue weighted by atomic mass is 9.77. The zero-order valence-electron chi connectivity index (χ0n) is 11.3. The van der Waals surface area contributed by atoms with Crippen LogP contribution in [0.5, 0.6) is 0 Å². The molecule has 3 rings (SSSR count). The number of hydrogen-bond acceptors (Lipinski definition) is 2. The summed E-state index contributed by atoms with van der Waals surface area (Å²) < 4.78 is 0. The molecule has 96 valence electrons. The van der Waals surface area contributed by atoms with E-state index in [1.165, 1.54) is 11.1 Å². The smallest absolute Gasteiger partial charge is 0.182 e. The van der Waals surface area contributed by atoms with Crippen molar-refractivity contribution in [2.24, 2.45) is 23.7 Å². The summed E-state index contributed by atoms with van der Waals surface area (Å²) in [5, 5.41) is 0. The summed E-state index contributed by atoms with van der Waals surface area (Å²) in [4.78, 5) is 24.1. The molecule has 0 aliphatic heterocycles. The summed E-state index contributed by atoms with van der Waals surface area (Å²) in [6.07, 6.45) is 4.52. The van der Waals surface area contributed by atoms with Crippen LogP contribution in [0.4, 0.5) is 0 Å². The predicted octanol–water partition coefficient (Wildman–Crippen LogP) is 3.08.